The molecular weight excluding hydrogens is 204 g/mol. The Bertz CT molecular complexity index is 408. The highest BCUT2D eigenvalue weighted by molar-refractivity contribution is 5.94. The van der Waals surface area contributed by atoms with Crippen LogP contribution in [0.3, 0.4) is 0 Å². The summed E-state index contributed by atoms with van der Waals surface area (Å²) in [6, 6.07) is 3.58. The summed E-state index contributed by atoms with van der Waals surface area (Å²) in [7, 11) is 0. The summed E-state index contributed by atoms with van der Waals surface area (Å²) in [5.41, 5.74) is 1.65. The second-order valence-electron chi connectivity index (χ2n) is 3.48. The van der Waals surface area contributed by atoms with Gasteiger partial charge >= 0.3 is 5.97 Å². The third-order valence-corrected chi connectivity index (χ3v) is 2.31. The maximum atomic E-state index is 11.6. The van der Waals surface area contributed by atoms with Crippen molar-refractivity contribution >= 4 is 5.97 Å². The Morgan fingerprint density at radius 1 is 1.56 bits per heavy atom. The molecule has 0 saturated heterocycles. The minimum absolute atomic E-state index is 0.00153. The Kier molecular flexibility index (Phi) is 4.11. The largest absolute Gasteiger partial charge is 0.507 e. The van der Waals surface area contributed by atoms with Crippen LogP contribution in [0.4, 0.5) is 0 Å². The predicted molar refractivity (Wildman–Crippen MR) is 62.7 cm³/mol. The average Bonchev–Trinajstić information content (AvgIpc) is 2.23. The van der Waals surface area contributed by atoms with Crippen molar-refractivity contribution in [2.45, 2.75) is 20.3 Å². The van der Waals surface area contributed by atoms with E-state index in [9.17, 15) is 9.90 Å². The fraction of sp³-hybridized carbons (Fsp3) is 0.308. The van der Waals surface area contributed by atoms with Crippen LogP contribution in [0.15, 0.2) is 24.8 Å². The van der Waals surface area contributed by atoms with E-state index in [-0.39, 0.29) is 11.3 Å². The smallest absolute Gasteiger partial charge is 0.342 e. The Hall–Kier alpha value is -1.77. The molecule has 0 bridgehead atoms. The zero-order valence-corrected chi connectivity index (χ0v) is 9.62. The predicted octanol–water partition coefficient (Wildman–Crippen LogP) is 2.61. The van der Waals surface area contributed by atoms with E-state index in [1.165, 1.54) is 0 Å². The quantitative estimate of drug-likeness (QED) is 0.626. The van der Waals surface area contributed by atoms with Gasteiger partial charge in [-0.05, 0) is 31.4 Å². The zero-order chi connectivity index (χ0) is 12.1. The highest BCUT2D eigenvalue weighted by Crippen LogP contribution is 2.27. The number of aryl methyl sites for hydroxylation is 1. The lowest BCUT2D eigenvalue weighted by atomic mass is 10.0. The number of rotatable bonds is 4. The summed E-state index contributed by atoms with van der Waals surface area (Å²) in [5.74, 6) is -0.484. The number of allylic oxidation sites excluding steroid dienone is 1. The van der Waals surface area contributed by atoms with Crippen molar-refractivity contribution in [1.82, 2.24) is 0 Å². The summed E-state index contributed by atoms with van der Waals surface area (Å²) in [5, 5.41) is 9.95. The first-order valence-corrected chi connectivity index (χ1v) is 5.21. The first kappa shape index (κ1) is 12.3. The maximum absolute atomic E-state index is 11.6. The van der Waals surface area contributed by atoms with Gasteiger partial charge in [-0.2, -0.15) is 0 Å². The summed E-state index contributed by atoms with van der Waals surface area (Å²) < 4.78 is 4.90. The van der Waals surface area contributed by atoms with E-state index in [0.29, 0.717) is 24.2 Å². The van der Waals surface area contributed by atoms with Crippen LogP contribution in [0, 0.1) is 6.92 Å². The first-order valence-electron chi connectivity index (χ1n) is 5.21. The van der Waals surface area contributed by atoms with Crippen molar-refractivity contribution in [2.75, 3.05) is 6.61 Å². The number of esters is 1. The van der Waals surface area contributed by atoms with E-state index >= 15 is 0 Å². The molecule has 0 aliphatic rings. The molecule has 3 nitrogen and oxygen atoms in total. The number of hydrogen-bond acceptors (Lipinski definition) is 3. The van der Waals surface area contributed by atoms with E-state index in [1.807, 2.05) is 0 Å². The molecule has 0 spiro atoms. The fourth-order valence-corrected chi connectivity index (χ4v) is 1.52. The minimum Gasteiger partial charge on any atom is -0.507 e. The van der Waals surface area contributed by atoms with Crippen LogP contribution in [0.2, 0.25) is 0 Å². The molecule has 0 amide bonds. The Morgan fingerprint density at radius 3 is 2.81 bits per heavy atom. The Morgan fingerprint density at radius 2 is 2.25 bits per heavy atom. The molecule has 0 saturated carbocycles. The molecule has 1 rings (SSSR count). The Labute approximate surface area is 95.4 Å². The number of carbonyl (C=O) groups excluding carboxylic acids is 1. The molecule has 0 aliphatic carbocycles. The van der Waals surface area contributed by atoms with Gasteiger partial charge in [0.05, 0.1) is 6.61 Å². The molecule has 0 atom stereocenters. The molecule has 3 heteroatoms. The number of benzene rings is 1. The molecule has 0 aliphatic heterocycles. The highest BCUT2D eigenvalue weighted by Gasteiger charge is 2.17. The van der Waals surface area contributed by atoms with Crippen LogP contribution >= 0.6 is 0 Å². The molecule has 16 heavy (non-hydrogen) atoms. The molecule has 1 aromatic rings. The van der Waals surface area contributed by atoms with Crippen molar-refractivity contribution in [3.63, 3.8) is 0 Å². The molecule has 0 aromatic heterocycles. The van der Waals surface area contributed by atoms with E-state index in [4.69, 9.17) is 4.74 Å². The Balaban J connectivity index is 3.20. The van der Waals surface area contributed by atoms with E-state index < -0.39 is 5.97 Å². The van der Waals surface area contributed by atoms with Gasteiger partial charge in [0.25, 0.3) is 0 Å². The summed E-state index contributed by atoms with van der Waals surface area (Å²) in [4.78, 5) is 11.6. The second kappa shape index (κ2) is 5.35. The summed E-state index contributed by atoms with van der Waals surface area (Å²) in [6.45, 7) is 7.40. The SMILES string of the molecule is C=CCc1ccc(C)c(C(=O)OCC)c1O. The van der Waals surface area contributed by atoms with Crippen molar-refractivity contribution in [3.05, 3.63) is 41.5 Å². The second-order valence-corrected chi connectivity index (χ2v) is 3.48. The van der Waals surface area contributed by atoms with E-state index in [0.717, 1.165) is 0 Å². The lowest BCUT2D eigenvalue weighted by Crippen LogP contribution is -2.08. The highest BCUT2D eigenvalue weighted by atomic mass is 16.5. The third-order valence-electron chi connectivity index (χ3n) is 2.31. The van der Waals surface area contributed by atoms with Gasteiger partial charge in [0.2, 0.25) is 0 Å². The van der Waals surface area contributed by atoms with E-state index in [2.05, 4.69) is 6.58 Å². The van der Waals surface area contributed by atoms with Crippen LogP contribution in [-0.4, -0.2) is 17.7 Å². The number of phenolic OH excluding ortho intramolecular Hbond substituents is 1. The van der Waals surface area contributed by atoms with Gasteiger partial charge in [-0.15, -0.1) is 6.58 Å². The minimum atomic E-state index is -0.483. The summed E-state index contributed by atoms with van der Waals surface area (Å²) >= 11 is 0. The number of hydrogen-bond donors (Lipinski definition) is 1. The van der Waals surface area contributed by atoms with Crippen molar-refractivity contribution in [3.8, 4) is 5.75 Å². The first-order chi connectivity index (χ1) is 7.61. The van der Waals surface area contributed by atoms with Gasteiger partial charge in [0, 0.05) is 0 Å². The number of aromatic hydroxyl groups is 1. The van der Waals surface area contributed by atoms with E-state index in [1.54, 1.807) is 32.1 Å². The van der Waals surface area contributed by atoms with Crippen LogP contribution in [0.25, 0.3) is 0 Å². The fourth-order valence-electron chi connectivity index (χ4n) is 1.52. The van der Waals surface area contributed by atoms with Crippen LogP contribution in [0.5, 0.6) is 5.75 Å². The van der Waals surface area contributed by atoms with Crippen molar-refractivity contribution in [1.29, 1.82) is 0 Å². The molecule has 1 aromatic carbocycles. The molecule has 0 fully saturated rings. The average molecular weight is 220 g/mol. The van der Waals surface area contributed by atoms with Gasteiger partial charge in [0.1, 0.15) is 11.3 Å². The van der Waals surface area contributed by atoms with Crippen LogP contribution < -0.4 is 0 Å². The lowest BCUT2D eigenvalue weighted by molar-refractivity contribution is 0.0522. The van der Waals surface area contributed by atoms with Gasteiger partial charge < -0.3 is 9.84 Å². The standard InChI is InChI=1S/C13H16O3/c1-4-6-10-8-7-9(3)11(12(10)14)13(15)16-5-2/h4,7-8,14H,1,5-6H2,2-3H3. The molecule has 0 unspecified atom stereocenters. The van der Waals surface area contributed by atoms with Crippen LogP contribution in [-0.2, 0) is 11.2 Å². The molecule has 0 radical (unpaired) electrons. The third kappa shape index (κ3) is 2.42. The normalized spacial score (nSPS) is 9.88. The number of carbonyl (C=O) groups is 1. The van der Waals surface area contributed by atoms with Crippen LogP contribution in [0.1, 0.15) is 28.4 Å². The molecule has 86 valence electrons. The van der Waals surface area contributed by atoms with Gasteiger partial charge in [-0.3, -0.25) is 0 Å². The summed E-state index contributed by atoms with van der Waals surface area (Å²) in [6.07, 6.45) is 2.21. The molecule has 0 heterocycles. The zero-order valence-electron chi connectivity index (χ0n) is 9.62. The monoisotopic (exact) mass is 220 g/mol. The lowest BCUT2D eigenvalue weighted by Gasteiger charge is -2.10. The van der Waals surface area contributed by atoms with Gasteiger partial charge in [0.15, 0.2) is 0 Å². The van der Waals surface area contributed by atoms with Gasteiger partial charge in [-0.25, -0.2) is 4.79 Å². The van der Waals surface area contributed by atoms with Gasteiger partial charge in [-0.1, -0.05) is 18.2 Å². The number of ether oxygens (including phenoxy) is 1. The topological polar surface area (TPSA) is 46.5 Å². The molecule has 1 N–H and O–H groups in total. The maximum Gasteiger partial charge on any atom is 0.342 e. The number of phenols is 1. The van der Waals surface area contributed by atoms with Crippen molar-refractivity contribution in [2.24, 2.45) is 0 Å². The molecular formula is C13H16O3. The van der Waals surface area contributed by atoms with Crippen molar-refractivity contribution < 1.29 is 14.6 Å².